The van der Waals surface area contributed by atoms with Crippen molar-refractivity contribution < 1.29 is 9.47 Å². The minimum atomic E-state index is -0.404. The lowest BCUT2D eigenvalue weighted by molar-refractivity contribution is 0.0483. The van der Waals surface area contributed by atoms with Crippen LogP contribution in [0, 0.1) is 0 Å². The maximum absolute atomic E-state index is 6.26. The van der Waals surface area contributed by atoms with Crippen molar-refractivity contribution in [1.29, 1.82) is 0 Å². The Morgan fingerprint density at radius 3 is 3.11 bits per heavy atom. The number of aromatic nitrogens is 1. The Kier molecular flexibility index (Phi) is 2.43. The molecule has 1 aromatic carbocycles. The summed E-state index contributed by atoms with van der Waals surface area (Å²) in [5.74, 6) is 0.845. The number of halogens is 1. The van der Waals surface area contributed by atoms with Gasteiger partial charge in [-0.15, -0.1) is 0 Å². The van der Waals surface area contributed by atoms with Gasteiger partial charge in [-0.2, -0.15) is 0 Å². The molecule has 2 aliphatic heterocycles. The van der Waals surface area contributed by atoms with Gasteiger partial charge in [-0.25, -0.2) is 4.98 Å². The molecule has 3 heterocycles. The first-order chi connectivity index (χ1) is 9.18. The smallest absolute Gasteiger partial charge is 0.180 e. The summed E-state index contributed by atoms with van der Waals surface area (Å²) in [6, 6.07) is 5.98. The fourth-order valence-electron chi connectivity index (χ4n) is 2.67. The number of rotatable bonds is 0. The molecular formula is C13H11BrN2O2S. The van der Waals surface area contributed by atoms with Crippen molar-refractivity contribution in [2.45, 2.75) is 12.0 Å². The number of hydrogen-bond acceptors (Lipinski definition) is 5. The van der Waals surface area contributed by atoms with Gasteiger partial charge in [0.25, 0.3) is 0 Å². The lowest BCUT2D eigenvalue weighted by Gasteiger charge is -2.33. The highest BCUT2D eigenvalue weighted by molar-refractivity contribution is 9.10. The number of nitrogen functional groups attached to an aromatic ring is 1. The Bertz CT molecular complexity index is 665. The van der Waals surface area contributed by atoms with E-state index < -0.39 is 5.60 Å². The minimum Gasteiger partial charge on any atom is -0.478 e. The van der Waals surface area contributed by atoms with Crippen molar-refractivity contribution in [1.82, 2.24) is 4.98 Å². The average molecular weight is 339 g/mol. The zero-order valence-electron chi connectivity index (χ0n) is 9.98. The van der Waals surface area contributed by atoms with E-state index in [9.17, 15) is 0 Å². The van der Waals surface area contributed by atoms with Crippen LogP contribution in [0.5, 0.6) is 5.75 Å². The van der Waals surface area contributed by atoms with E-state index in [2.05, 4.69) is 20.9 Å². The third-order valence-electron chi connectivity index (χ3n) is 3.55. The lowest BCUT2D eigenvalue weighted by Crippen LogP contribution is -2.35. The Hall–Kier alpha value is -1.11. The van der Waals surface area contributed by atoms with E-state index in [0.29, 0.717) is 18.3 Å². The van der Waals surface area contributed by atoms with Crippen LogP contribution in [0.25, 0.3) is 11.3 Å². The van der Waals surface area contributed by atoms with Gasteiger partial charge < -0.3 is 15.2 Å². The van der Waals surface area contributed by atoms with Gasteiger partial charge in [0.05, 0.1) is 23.8 Å². The van der Waals surface area contributed by atoms with Crippen LogP contribution in [0.15, 0.2) is 22.7 Å². The van der Waals surface area contributed by atoms with Crippen molar-refractivity contribution >= 4 is 32.4 Å². The molecule has 0 aliphatic carbocycles. The highest BCUT2D eigenvalue weighted by Gasteiger charge is 2.46. The molecule has 19 heavy (non-hydrogen) atoms. The van der Waals surface area contributed by atoms with E-state index in [0.717, 1.165) is 32.8 Å². The second-order valence-corrected chi connectivity index (χ2v) is 6.72. The normalized spacial score (nSPS) is 24.1. The first-order valence-electron chi connectivity index (χ1n) is 6.01. The molecule has 2 aromatic rings. The highest BCUT2D eigenvalue weighted by Crippen LogP contribution is 2.51. The summed E-state index contributed by atoms with van der Waals surface area (Å²) in [6.07, 6.45) is 0.841. The summed E-state index contributed by atoms with van der Waals surface area (Å²) in [5, 5.41) is 0.579. The zero-order valence-corrected chi connectivity index (χ0v) is 12.4. The van der Waals surface area contributed by atoms with E-state index in [-0.39, 0.29) is 0 Å². The minimum absolute atomic E-state index is 0.404. The molecule has 1 atom stereocenters. The summed E-state index contributed by atoms with van der Waals surface area (Å²) in [4.78, 5) is 5.58. The second-order valence-electron chi connectivity index (χ2n) is 4.77. The predicted molar refractivity (Wildman–Crippen MR) is 77.4 cm³/mol. The van der Waals surface area contributed by atoms with Crippen LogP contribution in [0.3, 0.4) is 0 Å². The van der Waals surface area contributed by atoms with Crippen LogP contribution in [0.4, 0.5) is 5.13 Å². The molecule has 0 bridgehead atoms. The molecule has 2 N–H and O–H groups in total. The van der Waals surface area contributed by atoms with Crippen LogP contribution in [-0.4, -0.2) is 18.2 Å². The van der Waals surface area contributed by atoms with Crippen LogP contribution < -0.4 is 10.5 Å². The molecule has 0 saturated carbocycles. The maximum atomic E-state index is 6.26. The number of benzene rings is 1. The number of ether oxygens (including phenoxy) is 2. The first-order valence-corrected chi connectivity index (χ1v) is 7.62. The molecule has 6 heteroatoms. The summed E-state index contributed by atoms with van der Waals surface area (Å²) < 4.78 is 12.8. The van der Waals surface area contributed by atoms with E-state index in [1.165, 1.54) is 11.3 Å². The van der Waals surface area contributed by atoms with Gasteiger partial charge in [0, 0.05) is 16.5 Å². The maximum Gasteiger partial charge on any atom is 0.180 e. The SMILES string of the molecule is Nc1nc2c(s1)C1(CCOC1)Oc1cc(Br)ccc1-2. The third kappa shape index (κ3) is 1.63. The summed E-state index contributed by atoms with van der Waals surface area (Å²) in [6.45, 7) is 1.27. The van der Waals surface area contributed by atoms with Crippen LogP contribution >= 0.6 is 27.3 Å². The van der Waals surface area contributed by atoms with Crippen molar-refractivity contribution in [2.75, 3.05) is 18.9 Å². The molecule has 0 amide bonds. The topological polar surface area (TPSA) is 57.4 Å². The van der Waals surface area contributed by atoms with Crippen LogP contribution in [0.1, 0.15) is 11.3 Å². The van der Waals surface area contributed by atoms with Gasteiger partial charge in [0.2, 0.25) is 0 Å². The molecule has 1 fully saturated rings. The van der Waals surface area contributed by atoms with E-state index in [1.807, 2.05) is 18.2 Å². The summed E-state index contributed by atoms with van der Waals surface area (Å²) >= 11 is 4.98. The van der Waals surface area contributed by atoms with E-state index in [4.69, 9.17) is 15.2 Å². The average Bonchev–Trinajstić information content (AvgIpc) is 2.97. The number of fused-ring (bicyclic) bond motifs is 4. The molecule has 1 saturated heterocycles. The Labute approximate surface area is 122 Å². The van der Waals surface area contributed by atoms with Crippen LogP contribution in [0.2, 0.25) is 0 Å². The van der Waals surface area contributed by atoms with Crippen molar-refractivity contribution in [3.05, 3.63) is 27.5 Å². The van der Waals surface area contributed by atoms with Gasteiger partial charge in [0.1, 0.15) is 5.75 Å². The number of nitrogens with zero attached hydrogens (tertiary/aromatic N) is 1. The lowest BCUT2D eigenvalue weighted by atomic mass is 9.93. The zero-order chi connectivity index (χ0) is 13.0. The summed E-state index contributed by atoms with van der Waals surface area (Å²) in [5.41, 5.74) is 7.44. The van der Waals surface area contributed by atoms with Crippen molar-refractivity contribution in [3.63, 3.8) is 0 Å². The van der Waals surface area contributed by atoms with Crippen LogP contribution in [-0.2, 0) is 10.3 Å². The molecule has 4 nitrogen and oxygen atoms in total. The number of nitrogens with two attached hydrogens (primary N) is 1. The van der Waals surface area contributed by atoms with E-state index >= 15 is 0 Å². The predicted octanol–water partition coefficient (Wildman–Crippen LogP) is 3.16. The standard InChI is InChI=1S/C13H11BrN2O2S/c14-7-1-2-8-9(5-7)18-13(3-4-17-6-13)11-10(8)16-12(15)19-11/h1-2,5H,3-4,6H2,(H2,15,16). The largest absolute Gasteiger partial charge is 0.478 e. The second kappa shape index (κ2) is 3.94. The Balaban J connectivity index is 1.98. The molecule has 98 valence electrons. The van der Waals surface area contributed by atoms with Gasteiger partial charge in [-0.3, -0.25) is 0 Å². The number of anilines is 1. The monoisotopic (exact) mass is 338 g/mol. The van der Waals surface area contributed by atoms with Gasteiger partial charge >= 0.3 is 0 Å². The molecule has 0 radical (unpaired) electrons. The Morgan fingerprint density at radius 2 is 2.32 bits per heavy atom. The first kappa shape index (κ1) is 11.7. The fourth-order valence-corrected chi connectivity index (χ4v) is 3.99. The molecular weight excluding hydrogens is 328 g/mol. The van der Waals surface area contributed by atoms with Crippen molar-refractivity contribution in [3.8, 4) is 17.0 Å². The number of thiazole rings is 1. The molecule has 4 rings (SSSR count). The fraction of sp³-hybridized carbons (Fsp3) is 0.308. The van der Waals surface area contributed by atoms with Gasteiger partial charge in [-0.05, 0) is 18.2 Å². The highest BCUT2D eigenvalue weighted by atomic mass is 79.9. The summed E-state index contributed by atoms with van der Waals surface area (Å²) in [7, 11) is 0. The van der Waals surface area contributed by atoms with Crippen molar-refractivity contribution in [2.24, 2.45) is 0 Å². The molecule has 1 aromatic heterocycles. The van der Waals surface area contributed by atoms with E-state index in [1.54, 1.807) is 0 Å². The molecule has 1 unspecified atom stereocenters. The number of hydrogen-bond donors (Lipinski definition) is 1. The quantitative estimate of drug-likeness (QED) is 0.801. The van der Waals surface area contributed by atoms with Gasteiger partial charge in [0.15, 0.2) is 10.7 Å². The third-order valence-corrected chi connectivity index (χ3v) is 5.11. The van der Waals surface area contributed by atoms with Gasteiger partial charge in [-0.1, -0.05) is 27.3 Å². The Morgan fingerprint density at radius 1 is 1.42 bits per heavy atom. The molecule has 1 spiro atoms. The molecule has 2 aliphatic rings.